The highest BCUT2D eigenvalue weighted by Crippen LogP contribution is 2.68. The van der Waals surface area contributed by atoms with E-state index in [1.807, 2.05) is 6.92 Å². The Kier molecular flexibility index (Phi) is 8.43. The predicted molar refractivity (Wildman–Crippen MR) is 135 cm³/mol. The van der Waals surface area contributed by atoms with Crippen molar-refractivity contribution in [2.24, 2.45) is 28.6 Å². The number of hydrogen-bond acceptors (Lipinski definition) is 8. The minimum atomic E-state index is -1.14. The summed E-state index contributed by atoms with van der Waals surface area (Å²) >= 11 is 0. The van der Waals surface area contributed by atoms with Crippen molar-refractivity contribution in [3.05, 3.63) is 23.8 Å². The molecule has 0 N–H and O–H groups in total. The first-order valence-corrected chi connectivity index (χ1v) is 13.5. The van der Waals surface area contributed by atoms with Crippen molar-refractivity contribution in [3.63, 3.8) is 0 Å². The summed E-state index contributed by atoms with van der Waals surface area (Å²) in [4.78, 5) is 38.2. The summed E-state index contributed by atoms with van der Waals surface area (Å²) in [5.41, 5.74) is -0.829. The van der Waals surface area contributed by atoms with Gasteiger partial charge in [0.2, 0.25) is 5.78 Å². The number of ether oxygens (including phenoxy) is 5. The number of carbonyl (C=O) groups is 3. The number of allylic oxidation sites excluding steroid dienone is 4. The van der Waals surface area contributed by atoms with Crippen molar-refractivity contribution in [2.75, 3.05) is 34.4 Å². The van der Waals surface area contributed by atoms with Crippen molar-refractivity contribution in [1.82, 2.24) is 0 Å². The molecule has 0 bridgehead atoms. The van der Waals surface area contributed by atoms with Gasteiger partial charge in [-0.3, -0.25) is 14.4 Å². The van der Waals surface area contributed by atoms with Gasteiger partial charge >= 0.3 is 5.97 Å². The first kappa shape index (κ1) is 28.1. The largest absolute Gasteiger partial charge is 0.458 e. The van der Waals surface area contributed by atoms with Crippen molar-refractivity contribution in [3.8, 4) is 0 Å². The highest BCUT2D eigenvalue weighted by Gasteiger charge is 2.69. The number of esters is 1. The van der Waals surface area contributed by atoms with E-state index in [1.54, 1.807) is 26.4 Å². The van der Waals surface area contributed by atoms with Crippen LogP contribution in [0.3, 0.4) is 0 Å². The molecule has 8 nitrogen and oxygen atoms in total. The van der Waals surface area contributed by atoms with Crippen LogP contribution in [-0.2, 0) is 38.1 Å². The smallest absolute Gasteiger partial charge is 0.306 e. The minimum Gasteiger partial charge on any atom is -0.458 e. The molecule has 0 amide bonds. The fraction of sp³-hybridized carbons (Fsp3) is 0.759. The topological polar surface area (TPSA) is 97.4 Å². The summed E-state index contributed by atoms with van der Waals surface area (Å²) in [6.45, 7) is 6.06. The summed E-state index contributed by atoms with van der Waals surface area (Å²) in [6.07, 6.45) is 9.98. The van der Waals surface area contributed by atoms with E-state index in [0.29, 0.717) is 19.3 Å². The molecule has 4 aliphatic rings. The fourth-order valence-electron chi connectivity index (χ4n) is 8.07. The first-order chi connectivity index (χ1) is 17.7. The van der Waals surface area contributed by atoms with Gasteiger partial charge < -0.3 is 23.7 Å². The fourth-order valence-corrected chi connectivity index (χ4v) is 8.07. The molecule has 0 aromatic rings. The lowest BCUT2D eigenvalue weighted by molar-refractivity contribution is -0.227. The Labute approximate surface area is 220 Å². The molecule has 4 rings (SSSR count). The molecule has 4 aliphatic carbocycles. The third-order valence-corrected chi connectivity index (χ3v) is 9.69. The average Bonchev–Trinajstić information content (AvgIpc) is 3.17. The second-order valence-corrected chi connectivity index (χ2v) is 11.5. The monoisotopic (exact) mass is 518 g/mol. The molecule has 0 spiro atoms. The maximum Gasteiger partial charge on any atom is 0.306 e. The van der Waals surface area contributed by atoms with Gasteiger partial charge in [0.15, 0.2) is 12.4 Å². The Morgan fingerprint density at radius 1 is 1.11 bits per heavy atom. The predicted octanol–water partition coefficient (Wildman–Crippen LogP) is 4.17. The number of hydrogen-bond donors (Lipinski definition) is 0. The molecule has 3 fully saturated rings. The van der Waals surface area contributed by atoms with Crippen molar-refractivity contribution in [2.45, 2.75) is 77.4 Å². The van der Waals surface area contributed by atoms with E-state index in [0.717, 1.165) is 24.8 Å². The zero-order valence-corrected chi connectivity index (χ0v) is 22.9. The van der Waals surface area contributed by atoms with E-state index < -0.39 is 11.0 Å². The number of fused-ring (bicyclic) bond motifs is 5. The number of Topliss-reactive ketones (excluding diaryl/α,β-unsaturated/α-hetero) is 1. The second-order valence-electron chi connectivity index (χ2n) is 11.5. The highest BCUT2D eigenvalue weighted by atomic mass is 16.7. The molecular formula is C29H42O8. The van der Waals surface area contributed by atoms with Crippen LogP contribution in [0.15, 0.2) is 23.8 Å². The van der Waals surface area contributed by atoms with Crippen LogP contribution in [0.1, 0.15) is 65.7 Å². The van der Waals surface area contributed by atoms with E-state index in [-0.39, 0.29) is 73.4 Å². The van der Waals surface area contributed by atoms with Crippen molar-refractivity contribution < 1.29 is 38.1 Å². The van der Waals surface area contributed by atoms with Crippen molar-refractivity contribution in [1.29, 1.82) is 0 Å². The van der Waals surface area contributed by atoms with E-state index in [9.17, 15) is 14.4 Å². The maximum atomic E-state index is 13.9. The summed E-state index contributed by atoms with van der Waals surface area (Å²) < 4.78 is 28.7. The Hall–Kier alpha value is -1.87. The third kappa shape index (κ3) is 4.75. The summed E-state index contributed by atoms with van der Waals surface area (Å²) in [6, 6.07) is 0. The SMILES string of the molecule is CCCC(=O)OCC(=O)[C@@]1(OCOC)CC[C@H]2[C@@H]3CCC4=CC(=O)C=C[C@]4(C)[C@H]3C(OCOC)C[C@@]21C. The maximum absolute atomic E-state index is 13.9. The first-order valence-electron chi connectivity index (χ1n) is 13.5. The van der Waals surface area contributed by atoms with Crippen LogP contribution in [0.5, 0.6) is 0 Å². The minimum absolute atomic E-state index is 0.0237. The number of carbonyl (C=O) groups excluding carboxylic acids is 3. The van der Waals surface area contributed by atoms with Gasteiger partial charge in [-0.25, -0.2) is 0 Å². The number of methoxy groups -OCH3 is 2. The highest BCUT2D eigenvalue weighted by molar-refractivity contribution is 6.01. The lowest BCUT2D eigenvalue weighted by atomic mass is 9.46. The lowest BCUT2D eigenvalue weighted by Crippen LogP contribution is -2.63. The van der Waals surface area contributed by atoms with E-state index in [1.165, 1.54) is 0 Å². The second kappa shape index (κ2) is 11.1. The molecule has 0 heterocycles. The molecule has 1 unspecified atom stereocenters. The van der Waals surface area contributed by atoms with Crippen LogP contribution in [-0.4, -0.2) is 63.7 Å². The molecule has 206 valence electrons. The van der Waals surface area contributed by atoms with Crippen LogP contribution in [0.25, 0.3) is 0 Å². The van der Waals surface area contributed by atoms with Crippen LogP contribution < -0.4 is 0 Å². The Morgan fingerprint density at radius 2 is 1.86 bits per heavy atom. The standard InChI is InChI=1S/C29H42O8/c1-6-7-25(32)35-16-24(31)29(37-18-34-5)13-11-22-21-9-8-19-14-20(30)10-12-27(19,2)26(21)23(36-17-33-4)15-28(22,29)3/h10,12,14,21-23,26H,6-9,11,13,15-18H2,1-5H3/t21-,22-,23?,26+,27-,28-,29-/m0/s1. The van der Waals surface area contributed by atoms with Gasteiger partial charge in [-0.05, 0) is 62.5 Å². The normalized spacial score (nSPS) is 38.4. The lowest BCUT2D eigenvalue weighted by Gasteiger charge is -2.60. The molecule has 0 saturated heterocycles. The Bertz CT molecular complexity index is 956. The van der Waals surface area contributed by atoms with Gasteiger partial charge in [-0.2, -0.15) is 0 Å². The molecule has 3 saturated carbocycles. The molecule has 0 aliphatic heterocycles. The van der Waals surface area contributed by atoms with Crippen LogP contribution >= 0.6 is 0 Å². The van der Waals surface area contributed by atoms with Gasteiger partial charge in [-0.1, -0.05) is 32.4 Å². The van der Waals surface area contributed by atoms with Crippen LogP contribution in [0, 0.1) is 28.6 Å². The van der Waals surface area contributed by atoms with Gasteiger partial charge in [0.1, 0.15) is 19.2 Å². The van der Waals surface area contributed by atoms with Crippen molar-refractivity contribution >= 4 is 17.5 Å². The molecule has 0 radical (unpaired) electrons. The quantitative estimate of drug-likeness (QED) is 0.297. The Morgan fingerprint density at radius 3 is 2.57 bits per heavy atom. The average molecular weight is 519 g/mol. The van der Waals surface area contributed by atoms with Crippen LogP contribution in [0.4, 0.5) is 0 Å². The van der Waals surface area contributed by atoms with Gasteiger partial charge in [0.05, 0.1) is 6.10 Å². The molecule has 8 heteroatoms. The number of ketones is 2. The van der Waals surface area contributed by atoms with E-state index >= 15 is 0 Å². The molecule has 0 aromatic carbocycles. The summed E-state index contributed by atoms with van der Waals surface area (Å²) in [5.74, 6) is 0.0626. The molecule has 0 aromatic heterocycles. The third-order valence-electron chi connectivity index (χ3n) is 9.69. The Balaban J connectivity index is 1.71. The molecular weight excluding hydrogens is 476 g/mol. The molecule has 37 heavy (non-hydrogen) atoms. The van der Waals surface area contributed by atoms with Gasteiger partial charge in [-0.15, -0.1) is 0 Å². The van der Waals surface area contributed by atoms with Gasteiger partial charge in [0.25, 0.3) is 0 Å². The zero-order valence-electron chi connectivity index (χ0n) is 22.9. The van der Waals surface area contributed by atoms with Gasteiger partial charge in [0, 0.05) is 37.4 Å². The summed E-state index contributed by atoms with van der Waals surface area (Å²) in [7, 11) is 3.15. The molecule has 7 atom stereocenters. The number of rotatable bonds is 11. The van der Waals surface area contributed by atoms with E-state index in [4.69, 9.17) is 23.7 Å². The zero-order chi connectivity index (χ0) is 26.8. The summed E-state index contributed by atoms with van der Waals surface area (Å²) in [5, 5.41) is 0. The van der Waals surface area contributed by atoms with Crippen LogP contribution in [0.2, 0.25) is 0 Å². The van der Waals surface area contributed by atoms with E-state index in [2.05, 4.69) is 19.9 Å².